The highest BCUT2D eigenvalue weighted by Crippen LogP contribution is 2.39. The van der Waals surface area contributed by atoms with E-state index in [0.29, 0.717) is 44.0 Å². The van der Waals surface area contributed by atoms with Crippen molar-refractivity contribution in [2.45, 2.75) is 52.4 Å². The van der Waals surface area contributed by atoms with Crippen LogP contribution in [0.5, 0.6) is 17.2 Å². The van der Waals surface area contributed by atoms with E-state index in [1.165, 1.54) is 0 Å². The number of aliphatic hydroxyl groups excluding tert-OH is 1. The first-order chi connectivity index (χ1) is 17.7. The summed E-state index contributed by atoms with van der Waals surface area (Å²) in [7, 11) is 0. The van der Waals surface area contributed by atoms with E-state index in [-0.39, 0.29) is 25.6 Å². The highest BCUT2D eigenvalue weighted by molar-refractivity contribution is 6.35. The van der Waals surface area contributed by atoms with Gasteiger partial charge in [-0.2, -0.15) is 0 Å². The Balaban J connectivity index is 1.57. The molecule has 0 bridgehead atoms. The highest BCUT2D eigenvalue weighted by atomic mass is 35.5. The van der Waals surface area contributed by atoms with Crippen molar-refractivity contribution in [1.82, 2.24) is 0 Å². The van der Waals surface area contributed by atoms with E-state index in [9.17, 15) is 9.90 Å². The van der Waals surface area contributed by atoms with Gasteiger partial charge in [0, 0.05) is 21.2 Å². The molecule has 1 N–H and O–H groups in total. The third kappa shape index (κ3) is 6.48. The number of aliphatic hydroxyl groups is 1. The van der Waals surface area contributed by atoms with Crippen LogP contribution in [0.4, 0.5) is 0 Å². The second-order valence-corrected chi connectivity index (χ2v) is 10.3. The molecule has 0 atom stereocenters. The molecule has 1 heterocycles. The van der Waals surface area contributed by atoms with Crippen LogP contribution in [0.1, 0.15) is 59.8 Å². The van der Waals surface area contributed by atoms with Crippen LogP contribution in [0, 0.1) is 0 Å². The van der Waals surface area contributed by atoms with Gasteiger partial charge in [-0.15, -0.1) is 0 Å². The number of aryl methyl sites for hydroxylation is 1. The number of carbonyl (C=O) groups is 1. The normalized spacial score (nSPS) is 13.6. The van der Waals surface area contributed by atoms with Gasteiger partial charge in [0.05, 0.1) is 17.7 Å². The van der Waals surface area contributed by atoms with Crippen molar-refractivity contribution >= 4 is 35.1 Å². The Hall–Kier alpha value is -2.99. The maximum atomic E-state index is 13.3. The third-order valence-corrected chi connectivity index (χ3v) is 6.65. The fourth-order valence-corrected chi connectivity index (χ4v) is 4.60. The summed E-state index contributed by atoms with van der Waals surface area (Å²) in [4.78, 5) is 13.3. The first-order valence-electron chi connectivity index (χ1n) is 12.2. The number of rotatable bonds is 10. The van der Waals surface area contributed by atoms with Gasteiger partial charge < -0.3 is 19.3 Å². The molecule has 4 rings (SSSR count). The number of hydrogen-bond donors (Lipinski definition) is 1. The number of carbonyl (C=O) groups excluding carboxylic acids is 1. The van der Waals surface area contributed by atoms with Gasteiger partial charge in [-0.1, -0.05) is 48.7 Å². The van der Waals surface area contributed by atoms with Crippen LogP contribution >= 0.6 is 23.2 Å². The van der Waals surface area contributed by atoms with Crippen LogP contribution in [0.3, 0.4) is 0 Å². The molecule has 3 aromatic rings. The van der Waals surface area contributed by atoms with Crippen LogP contribution in [-0.4, -0.2) is 23.1 Å². The maximum Gasteiger partial charge on any atom is 0.203 e. The Bertz CT molecular complexity index is 1330. The summed E-state index contributed by atoms with van der Waals surface area (Å²) in [5.74, 6) is 1.29. The van der Waals surface area contributed by atoms with Crippen molar-refractivity contribution in [1.29, 1.82) is 0 Å². The van der Waals surface area contributed by atoms with Gasteiger partial charge in [0.1, 0.15) is 29.5 Å². The SMILES string of the molecule is CCCc1ccc(C(=O)COc2c(CO)ccc3c2C=CC(C)(C)O3)c(OCc2ccc(Cl)cc2Cl)c1. The molecule has 0 radical (unpaired) electrons. The zero-order valence-corrected chi connectivity index (χ0v) is 22.7. The average molecular weight is 541 g/mol. The van der Waals surface area contributed by atoms with E-state index >= 15 is 0 Å². The molecule has 0 unspecified atom stereocenters. The van der Waals surface area contributed by atoms with Gasteiger partial charge in [-0.25, -0.2) is 0 Å². The zero-order chi connectivity index (χ0) is 26.6. The standard InChI is InChI=1S/C30H30Cl2O5/c1-4-5-19-6-10-23(28(14-19)35-17-21-7-9-22(31)15-25(21)32)26(34)18-36-29-20(16-33)8-11-27-24(29)12-13-30(2,3)37-27/h6-15,33H,4-5,16-18H2,1-3H3. The van der Waals surface area contributed by atoms with Gasteiger partial charge in [0.15, 0.2) is 6.61 Å². The highest BCUT2D eigenvalue weighted by Gasteiger charge is 2.26. The minimum absolute atomic E-state index is 0.186. The van der Waals surface area contributed by atoms with Gasteiger partial charge >= 0.3 is 0 Å². The van der Waals surface area contributed by atoms with E-state index in [1.807, 2.05) is 38.1 Å². The minimum Gasteiger partial charge on any atom is -0.488 e. The minimum atomic E-state index is -0.458. The Morgan fingerprint density at radius 1 is 1.03 bits per heavy atom. The molecule has 0 saturated carbocycles. The van der Waals surface area contributed by atoms with Gasteiger partial charge in [0.25, 0.3) is 0 Å². The maximum absolute atomic E-state index is 13.3. The lowest BCUT2D eigenvalue weighted by molar-refractivity contribution is 0.0913. The summed E-state index contributed by atoms with van der Waals surface area (Å²) >= 11 is 12.3. The van der Waals surface area contributed by atoms with Crippen LogP contribution in [0.15, 0.2) is 54.6 Å². The molecule has 0 aromatic heterocycles. The molecule has 0 aliphatic carbocycles. The smallest absolute Gasteiger partial charge is 0.203 e. The van der Waals surface area contributed by atoms with Crippen molar-refractivity contribution in [2.75, 3.05) is 6.61 Å². The molecule has 194 valence electrons. The monoisotopic (exact) mass is 540 g/mol. The number of Topliss-reactive ketones (excluding diaryl/α,β-unsaturated/α-hetero) is 1. The molecule has 0 fully saturated rings. The van der Waals surface area contributed by atoms with Gasteiger partial charge in [-0.05, 0) is 74.4 Å². The van der Waals surface area contributed by atoms with Crippen molar-refractivity contribution in [3.05, 3.63) is 92.5 Å². The largest absolute Gasteiger partial charge is 0.488 e. The summed E-state index contributed by atoms with van der Waals surface area (Å²) in [6, 6.07) is 14.4. The number of benzene rings is 3. The van der Waals surface area contributed by atoms with Crippen molar-refractivity contribution < 1.29 is 24.1 Å². The van der Waals surface area contributed by atoms with E-state index in [2.05, 4.69) is 6.92 Å². The van der Waals surface area contributed by atoms with E-state index in [1.54, 1.807) is 36.4 Å². The number of ketones is 1. The summed E-state index contributed by atoms with van der Waals surface area (Å²) in [5.41, 5.74) is 3.06. The fraction of sp³-hybridized carbons (Fsp3) is 0.300. The molecule has 1 aliphatic heterocycles. The Labute approximate surface area is 227 Å². The molecule has 0 spiro atoms. The van der Waals surface area contributed by atoms with Crippen molar-refractivity contribution in [2.24, 2.45) is 0 Å². The molecule has 0 saturated heterocycles. The first kappa shape index (κ1) is 27.1. The average Bonchev–Trinajstić information content (AvgIpc) is 2.86. The molecule has 1 aliphatic rings. The van der Waals surface area contributed by atoms with E-state index in [4.69, 9.17) is 37.4 Å². The molecule has 37 heavy (non-hydrogen) atoms. The Morgan fingerprint density at radius 3 is 2.54 bits per heavy atom. The fourth-order valence-electron chi connectivity index (χ4n) is 4.14. The molecular weight excluding hydrogens is 511 g/mol. The lowest BCUT2D eigenvalue weighted by atomic mass is 9.99. The number of ether oxygens (including phenoxy) is 3. The van der Waals surface area contributed by atoms with E-state index in [0.717, 1.165) is 24.0 Å². The molecule has 0 amide bonds. The topological polar surface area (TPSA) is 65.0 Å². The number of fused-ring (bicyclic) bond motifs is 1. The molecule has 5 nitrogen and oxygen atoms in total. The summed E-state index contributed by atoms with van der Waals surface area (Å²) in [6.07, 6.45) is 5.66. The zero-order valence-electron chi connectivity index (χ0n) is 21.1. The number of halogens is 2. The first-order valence-corrected chi connectivity index (χ1v) is 13.0. The van der Waals surface area contributed by atoms with Crippen LogP contribution < -0.4 is 14.2 Å². The Morgan fingerprint density at radius 2 is 1.81 bits per heavy atom. The van der Waals surface area contributed by atoms with Crippen LogP contribution in [-0.2, 0) is 19.6 Å². The quantitative estimate of drug-likeness (QED) is 0.270. The second kappa shape index (κ2) is 11.6. The predicted molar refractivity (Wildman–Crippen MR) is 147 cm³/mol. The lowest BCUT2D eigenvalue weighted by Gasteiger charge is -2.29. The molecule has 3 aromatic carbocycles. The van der Waals surface area contributed by atoms with Crippen LogP contribution in [0.25, 0.3) is 6.08 Å². The third-order valence-electron chi connectivity index (χ3n) is 6.06. The summed E-state index contributed by atoms with van der Waals surface area (Å²) in [5, 5.41) is 10.9. The molecule has 7 heteroatoms. The molecular formula is C30H30Cl2O5. The Kier molecular flexibility index (Phi) is 8.48. The summed E-state index contributed by atoms with van der Waals surface area (Å²) < 4.78 is 18.1. The van der Waals surface area contributed by atoms with Crippen molar-refractivity contribution in [3.63, 3.8) is 0 Å². The van der Waals surface area contributed by atoms with Crippen molar-refractivity contribution in [3.8, 4) is 17.2 Å². The lowest BCUT2D eigenvalue weighted by Crippen LogP contribution is -2.27. The second-order valence-electron chi connectivity index (χ2n) is 9.48. The van der Waals surface area contributed by atoms with Gasteiger partial charge in [0.2, 0.25) is 5.78 Å². The van der Waals surface area contributed by atoms with Gasteiger partial charge in [-0.3, -0.25) is 4.79 Å². The number of hydrogen-bond acceptors (Lipinski definition) is 5. The predicted octanol–water partition coefficient (Wildman–Crippen LogP) is 7.46. The van der Waals surface area contributed by atoms with E-state index < -0.39 is 5.60 Å². The summed E-state index contributed by atoms with van der Waals surface area (Å²) in [6.45, 7) is 5.74. The van der Waals surface area contributed by atoms with Crippen LogP contribution in [0.2, 0.25) is 10.0 Å².